The molecule has 0 rings (SSSR count). The highest BCUT2D eigenvalue weighted by Crippen LogP contribution is 2.53. The van der Waals surface area contributed by atoms with Crippen LogP contribution < -0.4 is 0 Å². The van der Waals surface area contributed by atoms with E-state index in [4.69, 9.17) is 14.7 Å². The standard InChI is InChI=1S/C13H24O5P2/c1-11(2)7-6-9-12(3)8-4-5-10-13(19(14)15)20(16,17)18/h7-8,13H,4-6,9-10H2,1-3H3,(H2-,14,15,16,17,18)/p+1/b12-8+. The van der Waals surface area contributed by atoms with E-state index in [2.05, 4.69) is 19.9 Å². The first-order valence-electron chi connectivity index (χ1n) is 6.64. The van der Waals surface area contributed by atoms with Crippen LogP contribution in [0.25, 0.3) is 0 Å². The molecule has 0 bridgehead atoms. The van der Waals surface area contributed by atoms with E-state index in [0.29, 0.717) is 12.8 Å². The zero-order chi connectivity index (χ0) is 15.8. The van der Waals surface area contributed by atoms with Crippen molar-refractivity contribution in [3.63, 3.8) is 0 Å². The zero-order valence-electron chi connectivity index (χ0n) is 12.3. The van der Waals surface area contributed by atoms with Gasteiger partial charge >= 0.3 is 15.6 Å². The van der Waals surface area contributed by atoms with E-state index >= 15 is 0 Å². The molecule has 0 fully saturated rings. The van der Waals surface area contributed by atoms with E-state index in [9.17, 15) is 9.13 Å². The third-order valence-corrected chi connectivity index (χ3v) is 6.19. The Labute approximate surface area is 121 Å². The molecule has 2 unspecified atom stereocenters. The maximum absolute atomic E-state index is 11.0. The summed E-state index contributed by atoms with van der Waals surface area (Å²) in [7, 11) is -7.33. The third-order valence-electron chi connectivity index (χ3n) is 2.89. The van der Waals surface area contributed by atoms with Crippen LogP contribution in [0.2, 0.25) is 0 Å². The van der Waals surface area contributed by atoms with Crippen LogP contribution in [-0.4, -0.2) is 20.1 Å². The van der Waals surface area contributed by atoms with Gasteiger partial charge in [0, 0.05) is 6.42 Å². The maximum Gasteiger partial charge on any atom is 0.521 e. The molecule has 0 aliphatic carbocycles. The van der Waals surface area contributed by atoms with Gasteiger partial charge in [0.05, 0.1) is 0 Å². The van der Waals surface area contributed by atoms with E-state index in [1.54, 1.807) is 0 Å². The molecule has 0 aliphatic rings. The predicted octanol–water partition coefficient (Wildman–Crippen LogP) is 4.09. The van der Waals surface area contributed by atoms with E-state index in [1.165, 1.54) is 11.1 Å². The zero-order valence-corrected chi connectivity index (χ0v) is 14.1. The molecule has 7 heteroatoms. The van der Waals surface area contributed by atoms with Crippen LogP contribution in [0.3, 0.4) is 0 Å². The Hall–Kier alpha value is -0.310. The fourth-order valence-corrected chi connectivity index (χ4v) is 3.70. The molecule has 0 radical (unpaired) electrons. The smallest absolute Gasteiger partial charge is 0.321 e. The minimum Gasteiger partial charge on any atom is -0.321 e. The third kappa shape index (κ3) is 9.57. The van der Waals surface area contributed by atoms with E-state index < -0.39 is 21.0 Å². The van der Waals surface area contributed by atoms with Crippen molar-refractivity contribution >= 4 is 15.6 Å². The maximum atomic E-state index is 11.0. The average Bonchev–Trinajstić information content (AvgIpc) is 2.25. The lowest BCUT2D eigenvalue weighted by Crippen LogP contribution is -2.03. The van der Waals surface area contributed by atoms with Crippen molar-refractivity contribution in [2.75, 3.05) is 0 Å². The Morgan fingerprint density at radius 1 is 1.20 bits per heavy atom. The lowest BCUT2D eigenvalue weighted by atomic mass is 10.1. The number of hydrogen-bond acceptors (Lipinski definition) is 2. The van der Waals surface area contributed by atoms with Gasteiger partial charge in [-0.15, -0.1) is 0 Å². The summed E-state index contributed by atoms with van der Waals surface area (Å²) in [5, 5.41) is -1.43. The molecule has 0 aliphatic heterocycles. The summed E-state index contributed by atoms with van der Waals surface area (Å²) >= 11 is 0. The van der Waals surface area contributed by atoms with Crippen molar-refractivity contribution in [3.8, 4) is 0 Å². The van der Waals surface area contributed by atoms with Gasteiger partial charge in [-0.05, 0) is 51.0 Å². The van der Waals surface area contributed by atoms with Crippen LogP contribution in [0.1, 0.15) is 52.9 Å². The van der Waals surface area contributed by atoms with E-state index in [1.807, 2.05) is 13.0 Å². The number of unbranched alkanes of at least 4 members (excludes halogenated alkanes) is 1. The van der Waals surface area contributed by atoms with Gasteiger partial charge < -0.3 is 9.79 Å². The number of allylic oxidation sites excluding steroid dienone is 4. The lowest BCUT2D eigenvalue weighted by molar-refractivity contribution is 0.362. The highest BCUT2D eigenvalue weighted by atomic mass is 31.2. The van der Waals surface area contributed by atoms with Crippen molar-refractivity contribution in [2.45, 2.75) is 58.3 Å². The Balaban J connectivity index is 4.14. The summed E-state index contributed by atoms with van der Waals surface area (Å²) in [6, 6.07) is 0. The Bertz CT molecular complexity index is 418. The molecule has 0 aromatic rings. The van der Waals surface area contributed by atoms with Crippen LogP contribution in [0.4, 0.5) is 0 Å². The molecule has 2 atom stereocenters. The second-order valence-corrected chi connectivity index (χ2v) is 8.61. The van der Waals surface area contributed by atoms with E-state index in [0.717, 1.165) is 12.8 Å². The van der Waals surface area contributed by atoms with Crippen molar-refractivity contribution in [3.05, 3.63) is 23.3 Å². The summed E-state index contributed by atoms with van der Waals surface area (Å²) < 4.78 is 21.9. The SMILES string of the molecule is CC(C)=CCC/C(C)=C/CCCC([P+](=O)O)P(=O)(O)O. The normalized spacial score (nSPS) is 14.9. The molecule has 0 aromatic carbocycles. The van der Waals surface area contributed by atoms with Crippen LogP contribution in [0.5, 0.6) is 0 Å². The molecule has 0 heterocycles. The molecular formula is C13H25O5P2+. The highest BCUT2D eigenvalue weighted by Gasteiger charge is 2.44. The quantitative estimate of drug-likeness (QED) is 0.337. The van der Waals surface area contributed by atoms with Crippen molar-refractivity contribution < 1.29 is 23.8 Å². The molecule has 116 valence electrons. The van der Waals surface area contributed by atoms with Crippen molar-refractivity contribution in [2.24, 2.45) is 0 Å². The van der Waals surface area contributed by atoms with Gasteiger partial charge in [-0.25, -0.2) is 0 Å². The van der Waals surface area contributed by atoms with Crippen molar-refractivity contribution in [1.29, 1.82) is 0 Å². The molecular weight excluding hydrogens is 298 g/mol. The first kappa shape index (κ1) is 19.7. The Kier molecular flexibility index (Phi) is 9.45. The van der Waals surface area contributed by atoms with Gasteiger partial charge in [0.15, 0.2) is 0 Å². The second-order valence-electron chi connectivity index (χ2n) is 5.17. The summed E-state index contributed by atoms with van der Waals surface area (Å²) in [5.74, 6) is 0. The first-order chi connectivity index (χ1) is 9.14. The van der Waals surface area contributed by atoms with Gasteiger partial charge in [-0.3, -0.25) is 4.57 Å². The van der Waals surface area contributed by atoms with Crippen LogP contribution in [0, 0.1) is 0 Å². The fourth-order valence-electron chi connectivity index (χ4n) is 1.75. The molecule has 20 heavy (non-hydrogen) atoms. The van der Waals surface area contributed by atoms with Gasteiger partial charge in [0.25, 0.3) is 5.40 Å². The number of rotatable bonds is 9. The van der Waals surface area contributed by atoms with E-state index in [-0.39, 0.29) is 6.42 Å². The Morgan fingerprint density at radius 3 is 2.25 bits per heavy atom. The summed E-state index contributed by atoms with van der Waals surface area (Å²) in [6.45, 7) is 6.13. The molecule has 0 spiro atoms. The van der Waals surface area contributed by atoms with Crippen molar-refractivity contribution in [1.82, 2.24) is 0 Å². The largest absolute Gasteiger partial charge is 0.521 e. The monoisotopic (exact) mass is 323 g/mol. The lowest BCUT2D eigenvalue weighted by Gasteiger charge is -2.06. The summed E-state index contributed by atoms with van der Waals surface area (Å²) in [4.78, 5) is 26.9. The van der Waals surface area contributed by atoms with Gasteiger partial charge in [-0.1, -0.05) is 23.3 Å². The molecule has 0 saturated carbocycles. The fraction of sp³-hybridized carbons (Fsp3) is 0.692. The topological polar surface area (TPSA) is 94.8 Å². The van der Waals surface area contributed by atoms with Crippen LogP contribution in [-0.2, 0) is 9.13 Å². The highest BCUT2D eigenvalue weighted by molar-refractivity contribution is 7.65. The Morgan fingerprint density at radius 2 is 1.80 bits per heavy atom. The molecule has 3 N–H and O–H groups in total. The minimum absolute atomic E-state index is 0.0632. The summed E-state index contributed by atoms with van der Waals surface area (Å²) in [5.41, 5.74) is 2.51. The number of hydrogen-bond donors (Lipinski definition) is 3. The summed E-state index contributed by atoms with van der Waals surface area (Å²) in [6.07, 6.45) is 7.36. The molecule has 0 saturated heterocycles. The molecule has 0 aromatic heterocycles. The van der Waals surface area contributed by atoms with Crippen LogP contribution >= 0.6 is 15.6 Å². The van der Waals surface area contributed by atoms with Gasteiger partial charge in [0.2, 0.25) is 0 Å². The minimum atomic E-state index is -4.49. The van der Waals surface area contributed by atoms with Gasteiger partial charge in [0.1, 0.15) is 0 Å². The predicted molar refractivity (Wildman–Crippen MR) is 81.9 cm³/mol. The second kappa shape index (κ2) is 9.59. The van der Waals surface area contributed by atoms with Gasteiger partial charge in [-0.2, -0.15) is 4.89 Å². The molecule has 0 amide bonds. The first-order valence-corrected chi connectivity index (χ1v) is 9.60. The molecule has 5 nitrogen and oxygen atoms in total. The van der Waals surface area contributed by atoms with Crippen LogP contribution in [0.15, 0.2) is 23.3 Å². The average molecular weight is 323 g/mol.